The maximum atomic E-state index is 4.74. The summed E-state index contributed by atoms with van der Waals surface area (Å²) >= 11 is 0. The summed E-state index contributed by atoms with van der Waals surface area (Å²) in [5.41, 5.74) is 2.63. The van der Waals surface area contributed by atoms with E-state index in [2.05, 4.69) is 41.2 Å². The van der Waals surface area contributed by atoms with E-state index < -0.39 is 0 Å². The quantitative estimate of drug-likeness (QED) is 0.869. The Hall–Kier alpha value is -1.13. The molecule has 0 radical (unpaired) electrons. The van der Waals surface area contributed by atoms with Crippen LogP contribution in [0.1, 0.15) is 37.3 Å². The predicted octanol–water partition coefficient (Wildman–Crippen LogP) is 2.17. The van der Waals surface area contributed by atoms with Gasteiger partial charge in [0.05, 0.1) is 0 Å². The minimum absolute atomic E-state index is 0.761. The van der Waals surface area contributed by atoms with Gasteiger partial charge in [-0.2, -0.15) is 0 Å². The first-order valence-corrected chi connectivity index (χ1v) is 8.42. The number of rotatable bonds is 6. The number of hydrogen-bond donors (Lipinski definition) is 1. The van der Waals surface area contributed by atoms with Gasteiger partial charge in [0.2, 0.25) is 0 Å². The molecule has 1 saturated carbocycles. The normalized spacial score (nSPS) is 20.0. The average Bonchev–Trinajstić information content (AvgIpc) is 3.31. The predicted molar refractivity (Wildman–Crippen MR) is 87.8 cm³/mol. The zero-order valence-corrected chi connectivity index (χ0v) is 13.4. The van der Waals surface area contributed by atoms with E-state index in [-0.39, 0.29) is 0 Å². The molecule has 0 bridgehead atoms. The molecule has 1 aromatic rings. The molecule has 1 N–H and O–H groups in total. The maximum absolute atomic E-state index is 4.74. The van der Waals surface area contributed by atoms with Gasteiger partial charge in [0, 0.05) is 45.0 Å². The second-order valence-corrected chi connectivity index (χ2v) is 6.47. The molecular weight excluding hydrogens is 260 g/mol. The monoisotopic (exact) mass is 288 g/mol. The molecule has 0 amide bonds. The number of piperazine rings is 1. The Kier molecular flexibility index (Phi) is 4.76. The molecule has 4 heteroatoms. The van der Waals surface area contributed by atoms with Gasteiger partial charge in [-0.1, -0.05) is 6.92 Å². The number of hydrogen-bond acceptors (Lipinski definition) is 4. The van der Waals surface area contributed by atoms with Gasteiger partial charge in [-0.15, -0.1) is 0 Å². The molecule has 0 unspecified atom stereocenters. The Morgan fingerprint density at radius 3 is 2.62 bits per heavy atom. The van der Waals surface area contributed by atoms with Crippen molar-refractivity contribution in [2.75, 3.05) is 37.6 Å². The van der Waals surface area contributed by atoms with E-state index in [0.717, 1.165) is 25.7 Å². The van der Waals surface area contributed by atoms with Crippen LogP contribution in [0.5, 0.6) is 0 Å². The summed E-state index contributed by atoms with van der Waals surface area (Å²) in [4.78, 5) is 9.74. The van der Waals surface area contributed by atoms with Crippen LogP contribution in [0.4, 0.5) is 5.82 Å². The van der Waals surface area contributed by atoms with E-state index in [0.29, 0.717) is 0 Å². The molecule has 1 saturated heterocycles. The highest BCUT2D eigenvalue weighted by Gasteiger charge is 2.21. The van der Waals surface area contributed by atoms with Crippen molar-refractivity contribution >= 4 is 5.82 Å². The first-order valence-electron chi connectivity index (χ1n) is 8.42. The van der Waals surface area contributed by atoms with Gasteiger partial charge < -0.3 is 10.2 Å². The number of aryl methyl sites for hydroxylation is 1. The molecule has 116 valence electrons. The largest absolute Gasteiger partial charge is 0.354 e. The van der Waals surface area contributed by atoms with Crippen LogP contribution in [0.3, 0.4) is 0 Å². The summed E-state index contributed by atoms with van der Waals surface area (Å²) in [6.45, 7) is 11.2. The lowest BCUT2D eigenvalue weighted by molar-refractivity contribution is 0.258. The second-order valence-electron chi connectivity index (χ2n) is 6.47. The van der Waals surface area contributed by atoms with Crippen LogP contribution >= 0.6 is 0 Å². The highest BCUT2D eigenvalue weighted by molar-refractivity contribution is 5.47. The van der Waals surface area contributed by atoms with Crippen molar-refractivity contribution in [2.45, 2.75) is 45.7 Å². The van der Waals surface area contributed by atoms with Crippen molar-refractivity contribution < 1.29 is 0 Å². The second kappa shape index (κ2) is 6.75. The summed E-state index contributed by atoms with van der Waals surface area (Å²) in [5.74, 6) is 1.18. The Labute approximate surface area is 128 Å². The molecule has 2 fully saturated rings. The van der Waals surface area contributed by atoms with Crippen molar-refractivity contribution in [2.24, 2.45) is 0 Å². The molecule has 3 rings (SSSR count). The molecule has 2 heterocycles. The minimum Gasteiger partial charge on any atom is -0.354 e. The van der Waals surface area contributed by atoms with Crippen molar-refractivity contribution in [1.29, 1.82) is 0 Å². The molecule has 1 aromatic heterocycles. The number of aromatic nitrogens is 1. The Balaban J connectivity index is 1.57. The number of nitrogens with one attached hydrogen (secondary N) is 1. The molecule has 1 aliphatic heterocycles. The molecular formula is C17H28N4. The highest BCUT2D eigenvalue weighted by atomic mass is 15.3. The third-order valence-corrected chi connectivity index (χ3v) is 4.49. The van der Waals surface area contributed by atoms with Gasteiger partial charge in [-0.05, 0) is 49.9 Å². The van der Waals surface area contributed by atoms with Gasteiger partial charge in [-0.3, -0.25) is 4.90 Å². The van der Waals surface area contributed by atoms with Crippen molar-refractivity contribution in [1.82, 2.24) is 15.2 Å². The molecule has 1 aliphatic carbocycles. The maximum Gasteiger partial charge on any atom is 0.131 e. The van der Waals surface area contributed by atoms with Crippen LogP contribution in [-0.4, -0.2) is 48.6 Å². The van der Waals surface area contributed by atoms with Crippen LogP contribution in [0.15, 0.2) is 12.3 Å². The van der Waals surface area contributed by atoms with E-state index in [1.807, 2.05) is 0 Å². The summed E-state index contributed by atoms with van der Waals surface area (Å²) in [5, 5.41) is 3.56. The lowest BCUT2D eigenvalue weighted by Gasteiger charge is -2.36. The minimum atomic E-state index is 0.761. The number of anilines is 1. The fourth-order valence-corrected chi connectivity index (χ4v) is 3.10. The molecule has 21 heavy (non-hydrogen) atoms. The molecule has 0 spiro atoms. The van der Waals surface area contributed by atoms with Crippen LogP contribution in [0.2, 0.25) is 0 Å². The summed E-state index contributed by atoms with van der Waals surface area (Å²) in [6.07, 6.45) is 5.98. The Morgan fingerprint density at radius 1 is 1.24 bits per heavy atom. The smallest absolute Gasteiger partial charge is 0.131 e. The Morgan fingerprint density at radius 2 is 2.00 bits per heavy atom. The summed E-state index contributed by atoms with van der Waals surface area (Å²) < 4.78 is 0. The zero-order chi connectivity index (χ0) is 14.7. The van der Waals surface area contributed by atoms with E-state index in [1.165, 1.54) is 55.8 Å². The van der Waals surface area contributed by atoms with Crippen LogP contribution in [-0.2, 0) is 6.54 Å². The van der Waals surface area contributed by atoms with E-state index in [9.17, 15) is 0 Å². The van der Waals surface area contributed by atoms with Crippen molar-refractivity contribution in [3.63, 3.8) is 0 Å². The number of pyridine rings is 1. The van der Waals surface area contributed by atoms with E-state index in [4.69, 9.17) is 4.98 Å². The first-order chi connectivity index (χ1) is 10.3. The lowest BCUT2D eigenvalue weighted by Crippen LogP contribution is -2.47. The lowest BCUT2D eigenvalue weighted by atomic mass is 10.1. The van der Waals surface area contributed by atoms with E-state index in [1.54, 1.807) is 0 Å². The topological polar surface area (TPSA) is 31.4 Å². The van der Waals surface area contributed by atoms with Gasteiger partial charge in [0.15, 0.2) is 0 Å². The van der Waals surface area contributed by atoms with Crippen molar-refractivity contribution in [3.8, 4) is 0 Å². The van der Waals surface area contributed by atoms with Crippen molar-refractivity contribution in [3.05, 3.63) is 23.4 Å². The van der Waals surface area contributed by atoms with Crippen LogP contribution < -0.4 is 10.2 Å². The number of nitrogens with zero attached hydrogens (tertiary/aromatic N) is 3. The van der Waals surface area contributed by atoms with Gasteiger partial charge >= 0.3 is 0 Å². The standard InChI is InChI=1S/C17H28N4/c1-3-6-20-7-9-21(10-8-20)17-14(2)11-15(13-19-17)12-18-16-4-5-16/h11,13,16,18H,3-10,12H2,1-2H3. The summed E-state index contributed by atoms with van der Waals surface area (Å²) in [6, 6.07) is 3.06. The fourth-order valence-electron chi connectivity index (χ4n) is 3.10. The van der Waals surface area contributed by atoms with Gasteiger partial charge in [0.1, 0.15) is 5.82 Å². The van der Waals surface area contributed by atoms with E-state index >= 15 is 0 Å². The third kappa shape index (κ3) is 3.95. The molecule has 4 nitrogen and oxygen atoms in total. The van der Waals surface area contributed by atoms with Gasteiger partial charge in [-0.25, -0.2) is 4.98 Å². The molecule has 0 aromatic carbocycles. The SMILES string of the molecule is CCCN1CCN(c2ncc(CNC3CC3)cc2C)CC1. The van der Waals surface area contributed by atoms with Gasteiger partial charge in [0.25, 0.3) is 0 Å². The third-order valence-electron chi connectivity index (χ3n) is 4.49. The van der Waals surface area contributed by atoms with Crippen LogP contribution in [0, 0.1) is 6.92 Å². The first kappa shape index (κ1) is 14.8. The summed E-state index contributed by atoms with van der Waals surface area (Å²) in [7, 11) is 0. The molecule has 0 atom stereocenters. The van der Waals surface area contributed by atoms with Crippen LogP contribution in [0.25, 0.3) is 0 Å². The highest BCUT2D eigenvalue weighted by Crippen LogP contribution is 2.22. The zero-order valence-electron chi connectivity index (χ0n) is 13.4. The molecule has 2 aliphatic rings. The fraction of sp³-hybridized carbons (Fsp3) is 0.706. The Bertz CT molecular complexity index is 462. The average molecular weight is 288 g/mol.